The standard InChI is InChI=1S/C13H21N3O2/c1-10-13(8-16(15-10)11-3-2-4-11)18-9-12-7-14-5-6-17-12/h8,11-12,14H,2-7,9H2,1H3/t12-/m0/s1. The van der Waals surface area contributed by atoms with Gasteiger partial charge in [0.2, 0.25) is 0 Å². The van der Waals surface area contributed by atoms with Crippen molar-refractivity contribution >= 4 is 0 Å². The van der Waals surface area contributed by atoms with Crippen molar-refractivity contribution in [2.75, 3.05) is 26.3 Å². The minimum Gasteiger partial charge on any atom is -0.487 e. The number of nitrogens with one attached hydrogen (secondary N) is 1. The molecule has 0 bridgehead atoms. The van der Waals surface area contributed by atoms with Gasteiger partial charge in [-0.3, -0.25) is 4.68 Å². The van der Waals surface area contributed by atoms with Crippen LogP contribution in [0.4, 0.5) is 0 Å². The number of rotatable bonds is 4. The van der Waals surface area contributed by atoms with Gasteiger partial charge in [0, 0.05) is 13.1 Å². The van der Waals surface area contributed by atoms with Crippen LogP contribution in [0.15, 0.2) is 6.20 Å². The zero-order valence-electron chi connectivity index (χ0n) is 10.9. The first-order valence-electron chi connectivity index (χ1n) is 6.84. The second-order valence-corrected chi connectivity index (χ2v) is 5.15. The average molecular weight is 251 g/mol. The minimum atomic E-state index is 0.158. The summed E-state index contributed by atoms with van der Waals surface area (Å²) in [5.74, 6) is 0.899. The summed E-state index contributed by atoms with van der Waals surface area (Å²) in [6.45, 7) is 5.19. The van der Waals surface area contributed by atoms with E-state index in [4.69, 9.17) is 9.47 Å². The number of morpholine rings is 1. The average Bonchev–Trinajstić information content (AvgIpc) is 2.67. The molecule has 2 heterocycles. The molecule has 5 nitrogen and oxygen atoms in total. The number of aromatic nitrogens is 2. The molecule has 0 amide bonds. The van der Waals surface area contributed by atoms with E-state index in [9.17, 15) is 0 Å². The van der Waals surface area contributed by atoms with E-state index in [0.717, 1.165) is 31.1 Å². The molecule has 3 rings (SSSR count). The normalized spacial score (nSPS) is 24.8. The topological polar surface area (TPSA) is 48.3 Å². The van der Waals surface area contributed by atoms with Gasteiger partial charge in [-0.05, 0) is 26.2 Å². The lowest BCUT2D eigenvalue weighted by atomic mass is 9.93. The van der Waals surface area contributed by atoms with Crippen molar-refractivity contribution in [3.63, 3.8) is 0 Å². The van der Waals surface area contributed by atoms with Crippen LogP contribution < -0.4 is 10.1 Å². The van der Waals surface area contributed by atoms with Gasteiger partial charge in [0.05, 0.1) is 18.8 Å². The molecule has 18 heavy (non-hydrogen) atoms. The van der Waals surface area contributed by atoms with Crippen LogP contribution in [0.5, 0.6) is 5.75 Å². The van der Waals surface area contributed by atoms with Crippen LogP contribution in [0.25, 0.3) is 0 Å². The zero-order chi connectivity index (χ0) is 12.4. The highest BCUT2D eigenvalue weighted by Gasteiger charge is 2.22. The van der Waals surface area contributed by atoms with E-state index in [2.05, 4.69) is 15.1 Å². The smallest absolute Gasteiger partial charge is 0.160 e. The minimum absolute atomic E-state index is 0.158. The maximum absolute atomic E-state index is 5.83. The fraction of sp³-hybridized carbons (Fsp3) is 0.769. The summed E-state index contributed by atoms with van der Waals surface area (Å²) in [7, 11) is 0. The largest absolute Gasteiger partial charge is 0.487 e. The highest BCUT2D eigenvalue weighted by atomic mass is 16.5. The first-order valence-corrected chi connectivity index (χ1v) is 6.84. The molecule has 1 aliphatic carbocycles. The van der Waals surface area contributed by atoms with Gasteiger partial charge >= 0.3 is 0 Å². The Kier molecular flexibility index (Phi) is 3.52. The van der Waals surface area contributed by atoms with Gasteiger partial charge in [-0.2, -0.15) is 5.10 Å². The predicted molar refractivity (Wildman–Crippen MR) is 68.0 cm³/mol. The predicted octanol–water partition coefficient (Wildman–Crippen LogP) is 1.28. The van der Waals surface area contributed by atoms with Crippen LogP contribution in [0.3, 0.4) is 0 Å². The van der Waals surface area contributed by atoms with Gasteiger partial charge in [0.1, 0.15) is 18.4 Å². The van der Waals surface area contributed by atoms with Crippen LogP contribution in [0.2, 0.25) is 0 Å². The molecular formula is C13H21N3O2. The summed E-state index contributed by atoms with van der Waals surface area (Å²) in [5, 5.41) is 7.83. The Labute approximate surface area is 107 Å². The molecule has 0 radical (unpaired) electrons. The van der Waals surface area contributed by atoms with Crippen LogP contribution in [-0.2, 0) is 4.74 Å². The van der Waals surface area contributed by atoms with Crippen molar-refractivity contribution in [1.82, 2.24) is 15.1 Å². The Morgan fingerprint density at radius 3 is 3.11 bits per heavy atom. The van der Waals surface area contributed by atoms with E-state index in [1.54, 1.807) is 0 Å². The van der Waals surface area contributed by atoms with Crippen molar-refractivity contribution in [3.05, 3.63) is 11.9 Å². The molecule has 100 valence electrons. The summed E-state index contributed by atoms with van der Waals surface area (Å²) in [6.07, 6.45) is 6.01. The van der Waals surface area contributed by atoms with E-state index in [0.29, 0.717) is 12.6 Å². The number of hydrogen-bond acceptors (Lipinski definition) is 4. The highest BCUT2D eigenvalue weighted by molar-refractivity contribution is 5.23. The maximum Gasteiger partial charge on any atom is 0.160 e. The molecule has 1 aliphatic heterocycles. The summed E-state index contributed by atoms with van der Waals surface area (Å²) in [4.78, 5) is 0. The van der Waals surface area contributed by atoms with Crippen LogP contribution in [0.1, 0.15) is 31.0 Å². The molecule has 2 fully saturated rings. The summed E-state index contributed by atoms with van der Waals surface area (Å²) < 4.78 is 13.5. The second-order valence-electron chi connectivity index (χ2n) is 5.15. The van der Waals surface area contributed by atoms with Crippen molar-refractivity contribution in [2.45, 2.75) is 38.3 Å². The molecule has 1 saturated carbocycles. The lowest BCUT2D eigenvalue weighted by Gasteiger charge is -2.25. The van der Waals surface area contributed by atoms with Crippen molar-refractivity contribution in [2.24, 2.45) is 0 Å². The van der Waals surface area contributed by atoms with Crippen LogP contribution in [0, 0.1) is 6.92 Å². The van der Waals surface area contributed by atoms with E-state index in [1.165, 1.54) is 19.3 Å². The highest BCUT2D eigenvalue weighted by Crippen LogP contribution is 2.32. The fourth-order valence-electron chi connectivity index (χ4n) is 2.35. The lowest BCUT2D eigenvalue weighted by Crippen LogP contribution is -2.41. The third-order valence-corrected chi connectivity index (χ3v) is 3.75. The zero-order valence-corrected chi connectivity index (χ0v) is 10.9. The van der Waals surface area contributed by atoms with Crippen molar-refractivity contribution in [3.8, 4) is 5.75 Å². The first kappa shape index (κ1) is 12.0. The van der Waals surface area contributed by atoms with E-state index < -0.39 is 0 Å². The first-order chi connectivity index (χ1) is 8.83. The monoisotopic (exact) mass is 251 g/mol. The van der Waals surface area contributed by atoms with E-state index >= 15 is 0 Å². The molecule has 2 aliphatic rings. The van der Waals surface area contributed by atoms with Crippen molar-refractivity contribution < 1.29 is 9.47 Å². The number of nitrogens with zero attached hydrogens (tertiary/aromatic N) is 2. The molecular weight excluding hydrogens is 230 g/mol. The van der Waals surface area contributed by atoms with Crippen LogP contribution in [-0.4, -0.2) is 42.2 Å². The molecule has 0 unspecified atom stereocenters. The molecule has 0 aromatic carbocycles. The lowest BCUT2D eigenvalue weighted by molar-refractivity contribution is 0.0000337. The molecule has 1 aromatic heterocycles. The van der Waals surface area contributed by atoms with Gasteiger partial charge < -0.3 is 14.8 Å². The van der Waals surface area contributed by atoms with Crippen LogP contribution >= 0.6 is 0 Å². The van der Waals surface area contributed by atoms with Gasteiger partial charge in [0.15, 0.2) is 5.75 Å². The fourth-order valence-corrected chi connectivity index (χ4v) is 2.35. The molecule has 1 saturated heterocycles. The second kappa shape index (κ2) is 5.28. The maximum atomic E-state index is 5.83. The molecule has 0 spiro atoms. The Hall–Kier alpha value is -1.07. The number of aryl methyl sites for hydroxylation is 1. The third-order valence-electron chi connectivity index (χ3n) is 3.75. The van der Waals surface area contributed by atoms with Crippen molar-refractivity contribution in [1.29, 1.82) is 0 Å². The molecule has 1 N–H and O–H groups in total. The number of ether oxygens (including phenoxy) is 2. The van der Waals surface area contributed by atoms with Gasteiger partial charge in [0.25, 0.3) is 0 Å². The third kappa shape index (κ3) is 2.52. The van der Waals surface area contributed by atoms with Gasteiger partial charge in [-0.25, -0.2) is 0 Å². The number of hydrogen-bond donors (Lipinski definition) is 1. The summed E-state index contributed by atoms with van der Waals surface area (Å²) >= 11 is 0. The van der Waals surface area contributed by atoms with Gasteiger partial charge in [-0.15, -0.1) is 0 Å². The summed E-state index contributed by atoms with van der Waals surface area (Å²) in [6, 6.07) is 0.591. The Morgan fingerprint density at radius 1 is 1.56 bits per heavy atom. The van der Waals surface area contributed by atoms with E-state index in [1.807, 2.05) is 13.1 Å². The molecule has 1 aromatic rings. The van der Waals surface area contributed by atoms with Gasteiger partial charge in [-0.1, -0.05) is 0 Å². The van der Waals surface area contributed by atoms with E-state index in [-0.39, 0.29) is 6.10 Å². The molecule has 5 heteroatoms. The Morgan fingerprint density at radius 2 is 2.44 bits per heavy atom. The Bertz CT molecular complexity index is 395. The SMILES string of the molecule is Cc1nn(C2CCC2)cc1OC[C@@H]1CNCCO1. The Balaban J connectivity index is 1.56. The molecule has 1 atom stereocenters. The summed E-state index contributed by atoms with van der Waals surface area (Å²) in [5.41, 5.74) is 0.977. The quantitative estimate of drug-likeness (QED) is 0.876.